The van der Waals surface area contributed by atoms with Gasteiger partial charge < -0.3 is 15.4 Å². The number of sulfone groups is 1. The maximum atomic E-state index is 12.6. The predicted molar refractivity (Wildman–Crippen MR) is 107 cm³/mol. The number of methoxy groups -OCH3 is 1. The zero-order valence-corrected chi connectivity index (χ0v) is 16.9. The fraction of sp³-hybridized carbons (Fsp3) is 0.263. The highest BCUT2D eigenvalue weighted by Gasteiger charge is 2.21. The Kier molecular flexibility index (Phi) is 6.25. The van der Waals surface area contributed by atoms with E-state index < -0.39 is 9.84 Å². The number of para-hydroxylation sites is 1. The van der Waals surface area contributed by atoms with Crippen LogP contribution >= 0.6 is 11.8 Å². The molecule has 2 aromatic rings. The van der Waals surface area contributed by atoms with Crippen molar-refractivity contribution in [3.63, 3.8) is 0 Å². The molecule has 28 heavy (non-hydrogen) atoms. The summed E-state index contributed by atoms with van der Waals surface area (Å²) < 4.78 is 30.3. The van der Waals surface area contributed by atoms with Crippen LogP contribution in [0.15, 0.2) is 52.3 Å². The molecule has 148 valence electrons. The van der Waals surface area contributed by atoms with Gasteiger partial charge in [0.1, 0.15) is 5.75 Å². The summed E-state index contributed by atoms with van der Waals surface area (Å²) >= 11 is 1.36. The van der Waals surface area contributed by atoms with Crippen molar-refractivity contribution in [2.24, 2.45) is 0 Å². The number of nitrogens with one attached hydrogen (secondary N) is 2. The molecule has 0 radical (unpaired) electrons. The Morgan fingerprint density at radius 3 is 2.82 bits per heavy atom. The second-order valence-electron chi connectivity index (χ2n) is 6.15. The van der Waals surface area contributed by atoms with Crippen LogP contribution in [0.1, 0.15) is 12.0 Å². The summed E-state index contributed by atoms with van der Waals surface area (Å²) in [5.74, 6) is 0.124. The first-order valence-corrected chi connectivity index (χ1v) is 11.2. The number of carbonyl (C=O) groups is 2. The fourth-order valence-corrected chi connectivity index (χ4v) is 4.78. The summed E-state index contributed by atoms with van der Waals surface area (Å²) in [7, 11) is -2.10. The van der Waals surface area contributed by atoms with Crippen molar-refractivity contribution in [2.75, 3.05) is 23.9 Å². The van der Waals surface area contributed by atoms with Gasteiger partial charge in [0.2, 0.25) is 11.8 Å². The van der Waals surface area contributed by atoms with Crippen LogP contribution in [0.4, 0.5) is 5.69 Å². The topological polar surface area (TPSA) is 102 Å². The average molecular weight is 421 g/mol. The van der Waals surface area contributed by atoms with Crippen LogP contribution in [0.25, 0.3) is 0 Å². The van der Waals surface area contributed by atoms with Crippen LogP contribution in [0.3, 0.4) is 0 Å². The lowest BCUT2D eigenvalue weighted by Crippen LogP contribution is -2.25. The Morgan fingerprint density at radius 1 is 1.25 bits per heavy atom. The van der Waals surface area contributed by atoms with Gasteiger partial charge in [0.05, 0.1) is 29.2 Å². The third-order valence-electron chi connectivity index (χ3n) is 4.21. The van der Waals surface area contributed by atoms with Gasteiger partial charge in [-0.25, -0.2) is 8.42 Å². The highest BCUT2D eigenvalue weighted by atomic mass is 32.2. The van der Waals surface area contributed by atoms with Crippen LogP contribution in [0.2, 0.25) is 0 Å². The molecule has 0 atom stereocenters. The summed E-state index contributed by atoms with van der Waals surface area (Å²) in [6.07, 6.45) is -0.157. The minimum atomic E-state index is -3.65. The first-order chi connectivity index (χ1) is 13.4. The number of hydrogen-bond acceptors (Lipinski definition) is 6. The average Bonchev–Trinajstić information content (AvgIpc) is 2.70. The van der Waals surface area contributed by atoms with Gasteiger partial charge in [-0.3, -0.25) is 9.59 Å². The van der Waals surface area contributed by atoms with Gasteiger partial charge in [0.15, 0.2) is 9.84 Å². The van der Waals surface area contributed by atoms with E-state index in [0.29, 0.717) is 17.2 Å². The molecule has 0 aromatic heterocycles. The Bertz CT molecular complexity index is 1010. The standard InChI is InChI=1S/C19H20N2O5S2/c1-26-16-5-3-2-4-13(16)11-20-18(22)8-9-28(24,25)14-6-7-17-15(10-14)21-19(23)12-27-17/h2-7,10H,8-9,11-12H2,1H3,(H,20,22)(H,21,23). The van der Waals surface area contributed by atoms with Crippen molar-refractivity contribution in [3.05, 3.63) is 48.0 Å². The molecule has 1 heterocycles. The largest absolute Gasteiger partial charge is 0.496 e. The number of amides is 2. The number of thioether (sulfide) groups is 1. The highest BCUT2D eigenvalue weighted by molar-refractivity contribution is 8.00. The maximum Gasteiger partial charge on any atom is 0.234 e. The molecule has 2 aromatic carbocycles. The maximum absolute atomic E-state index is 12.6. The predicted octanol–water partition coefficient (Wildman–Crippen LogP) is 2.22. The quantitative estimate of drug-likeness (QED) is 0.712. The zero-order chi connectivity index (χ0) is 20.1. The van der Waals surface area contributed by atoms with Crippen molar-refractivity contribution < 1.29 is 22.7 Å². The normalized spacial score (nSPS) is 13.4. The van der Waals surface area contributed by atoms with Gasteiger partial charge in [-0.15, -0.1) is 11.8 Å². The molecular weight excluding hydrogens is 400 g/mol. The molecule has 0 saturated carbocycles. The van der Waals surface area contributed by atoms with E-state index in [1.54, 1.807) is 19.2 Å². The van der Waals surface area contributed by atoms with Gasteiger partial charge in [0, 0.05) is 23.4 Å². The number of fused-ring (bicyclic) bond motifs is 1. The van der Waals surface area contributed by atoms with Crippen LogP contribution in [-0.4, -0.2) is 38.8 Å². The first-order valence-electron chi connectivity index (χ1n) is 8.57. The number of anilines is 1. The van der Waals surface area contributed by atoms with Gasteiger partial charge in [-0.2, -0.15) is 0 Å². The van der Waals surface area contributed by atoms with E-state index in [1.807, 2.05) is 18.2 Å². The van der Waals surface area contributed by atoms with Crippen LogP contribution in [0.5, 0.6) is 5.75 Å². The molecule has 0 aliphatic carbocycles. The second-order valence-corrected chi connectivity index (χ2v) is 9.28. The molecule has 1 aliphatic heterocycles. The third-order valence-corrected chi connectivity index (χ3v) is 7.00. The van der Waals surface area contributed by atoms with E-state index in [1.165, 1.54) is 23.9 Å². The molecule has 9 heteroatoms. The van der Waals surface area contributed by atoms with Crippen molar-refractivity contribution in [3.8, 4) is 5.75 Å². The Labute approximate surface area is 167 Å². The van der Waals surface area contributed by atoms with E-state index in [0.717, 1.165) is 10.5 Å². The van der Waals surface area contributed by atoms with E-state index in [2.05, 4.69) is 10.6 Å². The molecule has 0 bridgehead atoms. The fourth-order valence-electron chi connectivity index (χ4n) is 2.73. The van der Waals surface area contributed by atoms with Crippen LogP contribution in [0, 0.1) is 0 Å². The Morgan fingerprint density at radius 2 is 2.04 bits per heavy atom. The van der Waals surface area contributed by atoms with Crippen molar-refractivity contribution >= 4 is 39.1 Å². The second kappa shape index (κ2) is 8.66. The summed E-state index contributed by atoms with van der Waals surface area (Å²) in [6.45, 7) is 0.255. The van der Waals surface area contributed by atoms with E-state index in [-0.39, 0.29) is 35.4 Å². The number of benzene rings is 2. The number of carbonyl (C=O) groups excluding carboxylic acids is 2. The van der Waals surface area contributed by atoms with E-state index >= 15 is 0 Å². The third kappa shape index (κ3) is 4.85. The first kappa shape index (κ1) is 20.2. The monoisotopic (exact) mass is 420 g/mol. The SMILES string of the molecule is COc1ccccc1CNC(=O)CCS(=O)(=O)c1ccc2c(c1)NC(=O)CS2. The van der Waals surface area contributed by atoms with E-state index in [9.17, 15) is 18.0 Å². The Hall–Kier alpha value is -2.52. The molecule has 0 unspecified atom stereocenters. The molecule has 2 N–H and O–H groups in total. The summed E-state index contributed by atoms with van der Waals surface area (Å²) in [6, 6.07) is 11.9. The summed E-state index contributed by atoms with van der Waals surface area (Å²) in [5.41, 5.74) is 1.30. The minimum absolute atomic E-state index is 0.0894. The van der Waals surface area contributed by atoms with Crippen LogP contribution in [-0.2, 0) is 26.0 Å². The van der Waals surface area contributed by atoms with Gasteiger partial charge in [-0.1, -0.05) is 18.2 Å². The molecule has 0 spiro atoms. The molecule has 7 nitrogen and oxygen atoms in total. The van der Waals surface area contributed by atoms with Gasteiger partial charge in [-0.05, 0) is 24.3 Å². The lowest BCUT2D eigenvalue weighted by molar-refractivity contribution is -0.120. The number of ether oxygens (including phenoxy) is 1. The molecule has 0 saturated heterocycles. The van der Waals surface area contributed by atoms with Crippen LogP contribution < -0.4 is 15.4 Å². The lowest BCUT2D eigenvalue weighted by Gasteiger charge is -2.17. The molecule has 2 amide bonds. The Balaban J connectivity index is 1.59. The number of hydrogen-bond donors (Lipinski definition) is 2. The smallest absolute Gasteiger partial charge is 0.234 e. The minimum Gasteiger partial charge on any atom is -0.496 e. The van der Waals surface area contributed by atoms with Crippen molar-refractivity contribution in [1.82, 2.24) is 5.32 Å². The highest BCUT2D eigenvalue weighted by Crippen LogP contribution is 2.33. The molecule has 1 aliphatic rings. The summed E-state index contributed by atoms with van der Waals surface area (Å²) in [5, 5.41) is 5.38. The molecule has 0 fully saturated rings. The van der Waals surface area contributed by atoms with E-state index in [4.69, 9.17) is 4.74 Å². The zero-order valence-electron chi connectivity index (χ0n) is 15.2. The summed E-state index contributed by atoms with van der Waals surface area (Å²) in [4.78, 5) is 24.5. The van der Waals surface area contributed by atoms with Crippen molar-refractivity contribution in [1.29, 1.82) is 0 Å². The van der Waals surface area contributed by atoms with Crippen molar-refractivity contribution in [2.45, 2.75) is 22.8 Å². The molecular formula is C19H20N2O5S2. The number of rotatable bonds is 7. The van der Waals surface area contributed by atoms with Gasteiger partial charge >= 0.3 is 0 Å². The van der Waals surface area contributed by atoms with Gasteiger partial charge in [0.25, 0.3) is 0 Å². The lowest BCUT2D eigenvalue weighted by atomic mass is 10.2. The molecule has 3 rings (SSSR count).